The molecule has 2 aromatic carbocycles. The van der Waals surface area contributed by atoms with Crippen LogP contribution in [0.25, 0.3) is 0 Å². The Labute approximate surface area is 226 Å². The number of benzene rings is 2. The quantitative estimate of drug-likeness (QED) is 0.169. The van der Waals surface area contributed by atoms with Crippen LogP contribution in [0.15, 0.2) is 60.7 Å². The van der Waals surface area contributed by atoms with Crippen LogP contribution in [0, 0.1) is 11.8 Å². The van der Waals surface area contributed by atoms with Crippen LogP contribution in [0.2, 0.25) is 0 Å². The first kappa shape index (κ1) is 35.2. The van der Waals surface area contributed by atoms with E-state index in [1.807, 2.05) is 24.3 Å². The Balaban J connectivity index is 0.000000682. The lowest BCUT2D eigenvalue weighted by atomic mass is 9.84. The zero-order valence-corrected chi connectivity index (χ0v) is 22.2. The predicted octanol–water partition coefficient (Wildman–Crippen LogP) is 5.90. The number of hydrogen-bond acceptors (Lipinski definition) is 5. The summed E-state index contributed by atoms with van der Waals surface area (Å²) in [5.41, 5.74) is 2.63. The first-order valence-electron chi connectivity index (χ1n) is 13.8. The summed E-state index contributed by atoms with van der Waals surface area (Å²) in [6.45, 7) is 3.09. The highest BCUT2D eigenvalue weighted by atomic mass is 16.3. The van der Waals surface area contributed by atoms with E-state index in [0.29, 0.717) is 24.2 Å². The SMILES string of the molecule is C.CCCC(CC(CO)CCCO)c1ccccc1.OCCCC(CC(CO)CCO)c1ccccc1. The maximum Gasteiger partial charge on any atom is 0.0460 e. The summed E-state index contributed by atoms with van der Waals surface area (Å²) in [6.07, 6.45) is 8.25. The first-order valence-corrected chi connectivity index (χ1v) is 13.8. The van der Waals surface area contributed by atoms with Crippen molar-refractivity contribution in [3.05, 3.63) is 71.8 Å². The van der Waals surface area contributed by atoms with E-state index in [4.69, 9.17) is 15.3 Å². The van der Waals surface area contributed by atoms with Gasteiger partial charge >= 0.3 is 0 Å². The largest absolute Gasteiger partial charge is 0.396 e. The molecule has 0 saturated carbocycles. The molecular weight excluding hydrogens is 464 g/mol. The smallest absolute Gasteiger partial charge is 0.0460 e. The van der Waals surface area contributed by atoms with E-state index in [1.165, 1.54) is 17.5 Å². The fourth-order valence-electron chi connectivity index (χ4n) is 4.91. The Morgan fingerprint density at radius 3 is 1.38 bits per heavy atom. The minimum absolute atomic E-state index is 0. The molecule has 4 unspecified atom stereocenters. The van der Waals surface area contributed by atoms with Gasteiger partial charge in [-0.15, -0.1) is 0 Å². The molecule has 0 radical (unpaired) electrons. The van der Waals surface area contributed by atoms with Gasteiger partial charge in [0.1, 0.15) is 0 Å². The second-order valence-electron chi connectivity index (χ2n) is 9.82. The van der Waals surface area contributed by atoms with Gasteiger partial charge in [-0.3, -0.25) is 0 Å². The highest BCUT2D eigenvalue weighted by molar-refractivity contribution is 5.20. The zero-order valence-electron chi connectivity index (χ0n) is 22.2. The molecule has 0 heterocycles. The summed E-state index contributed by atoms with van der Waals surface area (Å²) in [5, 5.41) is 45.6. The number of aliphatic hydroxyl groups excluding tert-OH is 5. The molecule has 0 fully saturated rings. The lowest BCUT2D eigenvalue weighted by molar-refractivity contribution is 0.168. The van der Waals surface area contributed by atoms with Gasteiger partial charge in [0, 0.05) is 33.0 Å². The molecule has 0 bridgehead atoms. The van der Waals surface area contributed by atoms with Crippen LogP contribution in [0.4, 0.5) is 0 Å². The van der Waals surface area contributed by atoms with Gasteiger partial charge in [-0.25, -0.2) is 0 Å². The van der Waals surface area contributed by atoms with Crippen molar-refractivity contribution in [1.29, 1.82) is 0 Å². The molecule has 0 amide bonds. The van der Waals surface area contributed by atoms with E-state index < -0.39 is 0 Å². The lowest BCUT2D eigenvalue weighted by Gasteiger charge is -2.22. The van der Waals surface area contributed by atoms with Gasteiger partial charge in [0.25, 0.3) is 0 Å². The van der Waals surface area contributed by atoms with Gasteiger partial charge in [0.2, 0.25) is 0 Å². The van der Waals surface area contributed by atoms with Crippen LogP contribution in [0.3, 0.4) is 0 Å². The Bertz CT molecular complexity index is 724. The molecule has 5 nitrogen and oxygen atoms in total. The van der Waals surface area contributed by atoms with Crippen LogP contribution < -0.4 is 0 Å². The maximum atomic E-state index is 9.44. The van der Waals surface area contributed by atoms with Crippen molar-refractivity contribution in [3.8, 4) is 0 Å². The summed E-state index contributed by atoms with van der Waals surface area (Å²) < 4.78 is 0. The molecule has 0 saturated heterocycles. The molecule has 0 aliphatic rings. The van der Waals surface area contributed by atoms with E-state index >= 15 is 0 Å². The van der Waals surface area contributed by atoms with Crippen LogP contribution in [0.5, 0.6) is 0 Å². The summed E-state index contributed by atoms with van der Waals surface area (Å²) in [4.78, 5) is 0. The van der Waals surface area contributed by atoms with Crippen molar-refractivity contribution in [3.63, 3.8) is 0 Å². The monoisotopic (exact) mass is 518 g/mol. The summed E-state index contributed by atoms with van der Waals surface area (Å²) in [5.74, 6) is 1.34. The normalized spacial score (nSPS) is 14.0. The topological polar surface area (TPSA) is 101 Å². The minimum atomic E-state index is 0. The molecule has 2 aromatic rings. The fourth-order valence-corrected chi connectivity index (χ4v) is 4.91. The average molecular weight is 519 g/mol. The van der Waals surface area contributed by atoms with E-state index in [1.54, 1.807) is 0 Å². The standard InChI is InChI=1S/C16H26O2.C15H24O3.CH4/c1-2-7-16(15-9-4-3-5-10-15)12-14(13-18)8-6-11-17;16-9-4-7-15(11-13(12-18)8-10-17)14-5-2-1-3-6-14;/h3-5,9-10,14,16-18H,2,6-8,11-13H2,1H3;1-3,5-6,13,15-18H,4,7-12H2;1H4. The third kappa shape index (κ3) is 15.3. The van der Waals surface area contributed by atoms with Crippen molar-refractivity contribution in [1.82, 2.24) is 0 Å². The molecule has 5 N–H and O–H groups in total. The lowest BCUT2D eigenvalue weighted by Crippen LogP contribution is -2.13. The third-order valence-electron chi connectivity index (χ3n) is 6.95. The van der Waals surface area contributed by atoms with Crippen molar-refractivity contribution in [2.45, 2.75) is 84.0 Å². The summed E-state index contributed by atoms with van der Waals surface area (Å²) >= 11 is 0. The number of rotatable bonds is 18. The van der Waals surface area contributed by atoms with Crippen LogP contribution in [-0.4, -0.2) is 58.6 Å². The second-order valence-corrected chi connectivity index (χ2v) is 9.82. The van der Waals surface area contributed by atoms with Gasteiger partial charge in [-0.2, -0.15) is 0 Å². The number of hydrogen-bond donors (Lipinski definition) is 5. The summed E-state index contributed by atoms with van der Waals surface area (Å²) in [6, 6.07) is 20.8. The molecule has 5 heteroatoms. The molecule has 0 aromatic heterocycles. The van der Waals surface area contributed by atoms with E-state index in [2.05, 4.69) is 43.3 Å². The number of aliphatic hydroxyl groups is 5. The Hall–Kier alpha value is -1.76. The van der Waals surface area contributed by atoms with Crippen molar-refractivity contribution in [2.24, 2.45) is 11.8 Å². The Morgan fingerprint density at radius 1 is 0.541 bits per heavy atom. The Morgan fingerprint density at radius 2 is 0.973 bits per heavy atom. The molecular formula is C32H54O5. The minimum Gasteiger partial charge on any atom is -0.396 e. The van der Waals surface area contributed by atoms with E-state index in [9.17, 15) is 10.2 Å². The predicted molar refractivity (Wildman–Crippen MR) is 155 cm³/mol. The molecule has 2 rings (SSSR count). The highest BCUT2D eigenvalue weighted by Gasteiger charge is 2.18. The molecule has 0 spiro atoms. The fraction of sp³-hybridized carbons (Fsp3) is 0.625. The molecule has 212 valence electrons. The third-order valence-corrected chi connectivity index (χ3v) is 6.95. The van der Waals surface area contributed by atoms with Crippen LogP contribution >= 0.6 is 0 Å². The van der Waals surface area contributed by atoms with Gasteiger partial charge in [-0.1, -0.05) is 81.4 Å². The van der Waals surface area contributed by atoms with Crippen LogP contribution in [0.1, 0.15) is 95.1 Å². The molecule has 0 aliphatic heterocycles. The van der Waals surface area contributed by atoms with Gasteiger partial charge in [0.05, 0.1) is 0 Å². The van der Waals surface area contributed by atoms with Crippen molar-refractivity contribution >= 4 is 0 Å². The van der Waals surface area contributed by atoms with Gasteiger partial charge in [0.15, 0.2) is 0 Å². The maximum absolute atomic E-state index is 9.44. The molecule has 4 atom stereocenters. The zero-order chi connectivity index (χ0) is 26.4. The molecule has 37 heavy (non-hydrogen) atoms. The van der Waals surface area contributed by atoms with Crippen LogP contribution in [-0.2, 0) is 0 Å². The Kier molecular flexibility index (Phi) is 22.3. The van der Waals surface area contributed by atoms with Crippen molar-refractivity contribution in [2.75, 3.05) is 33.0 Å². The summed E-state index contributed by atoms with van der Waals surface area (Å²) in [7, 11) is 0. The van der Waals surface area contributed by atoms with E-state index in [-0.39, 0.29) is 46.4 Å². The highest BCUT2D eigenvalue weighted by Crippen LogP contribution is 2.30. The first-order chi connectivity index (χ1) is 17.6. The molecule has 0 aliphatic carbocycles. The van der Waals surface area contributed by atoms with Gasteiger partial charge in [-0.05, 0) is 86.2 Å². The average Bonchev–Trinajstić information content (AvgIpc) is 2.93. The van der Waals surface area contributed by atoms with Crippen molar-refractivity contribution < 1.29 is 25.5 Å². The second kappa shape index (κ2) is 23.4. The van der Waals surface area contributed by atoms with Gasteiger partial charge < -0.3 is 25.5 Å². The van der Waals surface area contributed by atoms with E-state index in [0.717, 1.165) is 44.9 Å².